The molecule has 1 aliphatic carbocycles. The maximum atomic E-state index is 11.5. The van der Waals surface area contributed by atoms with Crippen LogP contribution in [0.25, 0.3) is 0 Å². The van der Waals surface area contributed by atoms with Crippen molar-refractivity contribution in [1.29, 1.82) is 0 Å². The average Bonchev–Trinajstić information content (AvgIpc) is 2.17. The first-order valence-electron chi connectivity index (χ1n) is 4.53. The molecule has 1 rings (SSSR count). The summed E-state index contributed by atoms with van der Waals surface area (Å²) in [7, 11) is 1.86. The van der Waals surface area contributed by atoms with Gasteiger partial charge in [-0.1, -0.05) is 19.3 Å². The summed E-state index contributed by atoms with van der Waals surface area (Å²) < 4.78 is 0. The Balaban J connectivity index is 0.00000144. The number of carbonyl (C=O) groups is 1. The number of hydrogen-bond donors (Lipinski definition) is 1. The van der Waals surface area contributed by atoms with E-state index < -0.39 is 0 Å². The number of carbonyl (C=O) groups excluding carboxylic acids is 1. The molecule has 1 saturated carbocycles. The van der Waals surface area contributed by atoms with Gasteiger partial charge in [0, 0.05) is 0 Å². The van der Waals surface area contributed by atoms with Crippen LogP contribution in [0.4, 0.5) is 0 Å². The van der Waals surface area contributed by atoms with Gasteiger partial charge in [0.25, 0.3) is 0 Å². The van der Waals surface area contributed by atoms with Crippen LogP contribution in [0, 0.1) is 0 Å². The van der Waals surface area contributed by atoms with Gasteiger partial charge in [0.1, 0.15) is 0 Å². The fourth-order valence-electron chi connectivity index (χ4n) is 1.95. The van der Waals surface area contributed by atoms with Crippen molar-refractivity contribution < 1.29 is 4.79 Å². The number of nitrogens with one attached hydrogen (secondary N) is 1. The van der Waals surface area contributed by atoms with Crippen LogP contribution in [0.15, 0.2) is 0 Å². The summed E-state index contributed by atoms with van der Waals surface area (Å²) in [5, 5.41) is 3.13. The van der Waals surface area contributed by atoms with Gasteiger partial charge in [0.05, 0.1) is 11.4 Å². The van der Waals surface area contributed by atoms with E-state index in [1.165, 1.54) is 6.42 Å². The first-order valence-corrected chi connectivity index (χ1v) is 5.07. The van der Waals surface area contributed by atoms with E-state index in [2.05, 4.69) is 5.32 Å². The Morgan fingerprint density at radius 1 is 1.38 bits per heavy atom. The molecule has 0 aromatic carbocycles. The maximum absolute atomic E-state index is 11.5. The van der Waals surface area contributed by atoms with Crippen molar-refractivity contribution in [2.75, 3.05) is 12.9 Å². The van der Waals surface area contributed by atoms with Crippen molar-refractivity contribution in [1.82, 2.24) is 5.32 Å². The lowest BCUT2D eigenvalue weighted by atomic mass is 9.79. The number of ketones is 1. The van der Waals surface area contributed by atoms with Gasteiger partial charge in [-0.25, -0.2) is 0 Å². The predicted octanol–water partition coefficient (Wildman–Crippen LogP) is 2.14. The second kappa shape index (κ2) is 5.84. The quantitative estimate of drug-likeness (QED) is 0.747. The van der Waals surface area contributed by atoms with Crippen LogP contribution < -0.4 is 5.32 Å². The molecule has 0 aliphatic heterocycles. The Morgan fingerprint density at radius 3 is 2.31 bits per heavy atom. The van der Waals surface area contributed by atoms with E-state index in [-0.39, 0.29) is 29.6 Å². The Bertz CT molecular complexity index is 167. The van der Waals surface area contributed by atoms with Gasteiger partial charge < -0.3 is 5.32 Å². The molecular weight excluding hydrogens is 209 g/mol. The molecule has 0 amide bonds. The highest BCUT2D eigenvalue weighted by molar-refractivity contribution is 6.29. The van der Waals surface area contributed by atoms with Gasteiger partial charge in [-0.2, -0.15) is 0 Å². The van der Waals surface area contributed by atoms with Crippen molar-refractivity contribution in [3.05, 3.63) is 0 Å². The molecule has 0 radical (unpaired) electrons. The number of alkyl halides is 1. The molecule has 1 fully saturated rings. The van der Waals surface area contributed by atoms with E-state index in [9.17, 15) is 4.79 Å². The molecule has 78 valence electrons. The van der Waals surface area contributed by atoms with E-state index in [0.29, 0.717) is 0 Å². The molecule has 1 N–H and O–H groups in total. The summed E-state index contributed by atoms with van der Waals surface area (Å²) in [4.78, 5) is 11.5. The van der Waals surface area contributed by atoms with Crippen LogP contribution >= 0.6 is 24.0 Å². The largest absolute Gasteiger partial charge is 0.308 e. The fourth-order valence-corrected chi connectivity index (χ4v) is 2.21. The Morgan fingerprint density at radius 2 is 1.92 bits per heavy atom. The lowest BCUT2D eigenvalue weighted by Crippen LogP contribution is -2.52. The van der Waals surface area contributed by atoms with Gasteiger partial charge in [0.15, 0.2) is 5.78 Å². The molecule has 4 heteroatoms. The van der Waals surface area contributed by atoms with Gasteiger partial charge in [0.2, 0.25) is 0 Å². The standard InChI is InChI=1S/C9H16ClNO.ClH/c1-11-9(8(12)7-10)5-3-2-4-6-9;/h11H,2-7H2,1H3;1H. The molecule has 0 bridgehead atoms. The number of hydrogen-bond acceptors (Lipinski definition) is 2. The Kier molecular flexibility index (Phi) is 5.93. The first kappa shape index (κ1) is 13.2. The molecule has 0 atom stereocenters. The third kappa shape index (κ3) is 2.83. The van der Waals surface area contributed by atoms with Gasteiger partial charge >= 0.3 is 0 Å². The fraction of sp³-hybridized carbons (Fsp3) is 0.889. The molecule has 0 heterocycles. The first-order chi connectivity index (χ1) is 5.75. The van der Waals surface area contributed by atoms with E-state index in [1.807, 2.05) is 7.05 Å². The van der Waals surface area contributed by atoms with Crippen molar-refractivity contribution in [3.63, 3.8) is 0 Å². The second-order valence-corrected chi connectivity index (χ2v) is 3.72. The molecule has 0 spiro atoms. The topological polar surface area (TPSA) is 29.1 Å². The van der Waals surface area contributed by atoms with Crippen LogP contribution in [0.3, 0.4) is 0 Å². The summed E-state index contributed by atoms with van der Waals surface area (Å²) >= 11 is 5.56. The zero-order valence-corrected chi connectivity index (χ0v) is 9.51. The molecule has 0 unspecified atom stereocenters. The van der Waals surface area contributed by atoms with E-state index in [4.69, 9.17) is 11.6 Å². The lowest BCUT2D eigenvalue weighted by Gasteiger charge is -2.35. The highest BCUT2D eigenvalue weighted by Gasteiger charge is 2.36. The third-order valence-electron chi connectivity index (χ3n) is 2.84. The van der Waals surface area contributed by atoms with Crippen molar-refractivity contribution in [2.24, 2.45) is 0 Å². The van der Waals surface area contributed by atoms with Gasteiger partial charge in [-0.3, -0.25) is 4.79 Å². The SMILES string of the molecule is CNC1(C(=O)CCl)CCCCC1.Cl. The normalized spacial score (nSPS) is 20.5. The smallest absolute Gasteiger partial charge is 0.167 e. The minimum Gasteiger partial charge on any atom is -0.308 e. The molecule has 0 aromatic rings. The van der Waals surface area contributed by atoms with E-state index >= 15 is 0 Å². The molecular formula is C9H17Cl2NO. The van der Waals surface area contributed by atoms with Crippen LogP contribution in [0.2, 0.25) is 0 Å². The lowest BCUT2D eigenvalue weighted by molar-refractivity contribution is -0.124. The second-order valence-electron chi connectivity index (χ2n) is 3.45. The molecule has 1 aliphatic rings. The number of Topliss-reactive ketones (excluding diaryl/α,β-unsaturated/α-hetero) is 1. The zero-order chi connectivity index (χ0) is 9.03. The summed E-state index contributed by atoms with van der Waals surface area (Å²) in [5.74, 6) is 0.298. The molecule has 13 heavy (non-hydrogen) atoms. The van der Waals surface area contributed by atoms with Gasteiger partial charge in [-0.15, -0.1) is 24.0 Å². The minimum absolute atomic E-state index is 0. The number of halogens is 2. The highest BCUT2D eigenvalue weighted by atomic mass is 35.5. The molecule has 0 saturated heterocycles. The maximum Gasteiger partial charge on any atom is 0.167 e. The third-order valence-corrected chi connectivity index (χ3v) is 3.08. The summed E-state index contributed by atoms with van der Waals surface area (Å²) in [6, 6.07) is 0. The number of likely N-dealkylation sites (N-methyl/N-ethyl adjacent to an activating group) is 1. The summed E-state index contributed by atoms with van der Waals surface area (Å²) in [5.41, 5.74) is -0.292. The van der Waals surface area contributed by atoms with E-state index in [1.54, 1.807) is 0 Å². The summed E-state index contributed by atoms with van der Waals surface area (Å²) in [6.07, 6.45) is 5.44. The van der Waals surface area contributed by atoms with Crippen molar-refractivity contribution in [3.8, 4) is 0 Å². The number of rotatable bonds is 3. The molecule has 2 nitrogen and oxygen atoms in total. The predicted molar refractivity (Wildman–Crippen MR) is 57.9 cm³/mol. The Labute approximate surface area is 90.8 Å². The van der Waals surface area contributed by atoms with Crippen molar-refractivity contribution in [2.45, 2.75) is 37.6 Å². The summed E-state index contributed by atoms with van der Waals surface area (Å²) in [6.45, 7) is 0. The van der Waals surface area contributed by atoms with Crippen LogP contribution in [0.1, 0.15) is 32.1 Å². The van der Waals surface area contributed by atoms with Gasteiger partial charge in [-0.05, 0) is 19.9 Å². The van der Waals surface area contributed by atoms with Crippen LogP contribution in [0.5, 0.6) is 0 Å². The minimum atomic E-state index is -0.292. The average molecular weight is 226 g/mol. The van der Waals surface area contributed by atoms with Crippen LogP contribution in [-0.4, -0.2) is 24.2 Å². The highest BCUT2D eigenvalue weighted by Crippen LogP contribution is 2.28. The van der Waals surface area contributed by atoms with Crippen molar-refractivity contribution >= 4 is 29.8 Å². The zero-order valence-electron chi connectivity index (χ0n) is 7.94. The molecule has 0 aromatic heterocycles. The van der Waals surface area contributed by atoms with E-state index in [0.717, 1.165) is 25.7 Å². The Hall–Kier alpha value is 0.210. The monoisotopic (exact) mass is 225 g/mol. The van der Waals surface area contributed by atoms with Crippen LogP contribution in [-0.2, 0) is 4.79 Å².